The van der Waals surface area contributed by atoms with Crippen molar-refractivity contribution in [3.8, 4) is 0 Å². The van der Waals surface area contributed by atoms with Gasteiger partial charge in [-0.2, -0.15) is 0 Å². The number of allylic oxidation sites excluding steroid dienone is 4. The minimum atomic E-state index is 1.17. The van der Waals surface area contributed by atoms with Gasteiger partial charge in [0.15, 0.2) is 0 Å². The van der Waals surface area contributed by atoms with E-state index in [0.717, 1.165) is 0 Å². The normalized spacial score (nSPS) is 14.4. The quantitative estimate of drug-likeness (QED) is 0.423. The Labute approximate surface area is 70.6 Å². The summed E-state index contributed by atoms with van der Waals surface area (Å²) in [6.07, 6.45) is 7.56. The summed E-state index contributed by atoms with van der Waals surface area (Å²) in [5, 5.41) is 0. The van der Waals surface area contributed by atoms with Crippen LogP contribution in [0.1, 0.15) is 6.42 Å². The van der Waals surface area contributed by atoms with Gasteiger partial charge in [0.25, 0.3) is 0 Å². The van der Waals surface area contributed by atoms with E-state index in [-0.39, 0.29) is 0 Å². The number of hydrogen-bond acceptors (Lipinski definition) is 0. The van der Waals surface area contributed by atoms with E-state index >= 15 is 0 Å². The van der Waals surface area contributed by atoms with Gasteiger partial charge >= 0.3 is 49.0 Å². The molecule has 0 bridgehead atoms. The van der Waals surface area contributed by atoms with Crippen molar-refractivity contribution in [1.82, 2.24) is 0 Å². The fourth-order valence-corrected chi connectivity index (χ4v) is 0.782. The molecule has 0 heterocycles. The van der Waals surface area contributed by atoms with Crippen LogP contribution in [0, 0.1) is 0 Å². The number of hydrogen-bond donors (Lipinski definition) is 0. The van der Waals surface area contributed by atoms with Crippen LogP contribution in [0.25, 0.3) is 0 Å². The molecule has 0 N–H and O–H groups in total. The van der Waals surface area contributed by atoms with Crippen molar-refractivity contribution >= 4 is 15.9 Å². The molecule has 0 atom stereocenters. The number of rotatable bonds is 0. The first kappa shape index (κ1) is 8.67. The molecule has 0 aromatic heterocycles. The standard InChI is InChI=1S/C5H5.CH3Br.Ti/c1-2-4-5-3-1;1-2;/h1-3H,4H2;1H3;. The molecule has 1 aliphatic rings. The van der Waals surface area contributed by atoms with Crippen molar-refractivity contribution in [2.75, 3.05) is 5.83 Å². The van der Waals surface area contributed by atoms with Crippen LogP contribution < -0.4 is 0 Å². The van der Waals surface area contributed by atoms with Crippen LogP contribution >= 0.6 is 15.9 Å². The van der Waals surface area contributed by atoms with Crippen molar-refractivity contribution in [3.63, 3.8) is 0 Å². The van der Waals surface area contributed by atoms with Crippen LogP contribution in [-0.4, -0.2) is 5.83 Å². The Hall–Kier alpha value is 0.674. The Morgan fingerprint density at radius 3 is 2.38 bits per heavy atom. The van der Waals surface area contributed by atoms with Crippen molar-refractivity contribution in [3.05, 3.63) is 22.1 Å². The molecule has 0 spiro atoms. The van der Waals surface area contributed by atoms with Gasteiger partial charge in [-0.15, -0.1) is 0 Å². The van der Waals surface area contributed by atoms with Crippen molar-refractivity contribution in [2.45, 2.75) is 6.42 Å². The van der Waals surface area contributed by atoms with E-state index in [1.807, 2.05) is 5.83 Å². The molecule has 0 radical (unpaired) electrons. The van der Waals surface area contributed by atoms with Gasteiger partial charge in [0.1, 0.15) is 0 Å². The van der Waals surface area contributed by atoms with Crippen LogP contribution in [0.4, 0.5) is 0 Å². The monoisotopic (exact) mass is 207 g/mol. The maximum atomic E-state index is 2.94. The molecular formula is C6H8BrTi. The van der Waals surface area contributed by atoms with Crippen LogP contribution in [0.2, 0.25) is 0 Å². The topological polar surface area (TPSA) is 0 Å². The molecule has 0 amide bonds. The first-order valence-electron chi connectivity index (χ1n) is 2.35. The molecule has 2 heteroatoms. The van der Waals surface area contributed by atoms with E-state index in [2.05, 4.69) is 54.6 Å². The molecule has 8 heavy (non-hydrogen) atoms. The molecule has 0 unspecified atom stereocenters. The van der Waals surface area contributed by atoms with Crippen LogP contribution in [0.5, 0.6) is 0 Å². The summed E-state index contributed by atoms with van der Waals surface area (Å²) in [5.74, 6) is 1.81. The second kappa shape index (κ2) is 5.80. The zero-order chi connectivity index (χ0) is 6.41. The Kier molecular flexibility index (Phi) is 6.29. The molecule has 0 aliphatic heterocycles. The van der Waals surface area contributed by atoms with Gasteiger partial charge in [-0.1, -0.05) is 15.9 Å². The molecule has 0 saturated carbocycles. The summed E-state index contributed by atoms with van der Waals surface area (Å²) < 4.78 is 1.47. The van der Waals surface area contributed by atoms with Gasteiger partial charge in [0, 0.05) is 0 Å². The van der Waals surface area contributed by atoms with E-state index in [9.17, 15) is 0 Å². The molecule has 0 aromatic carbocycles. The first-order chi connectivity index (χ1) is 3.89. The second-order valence-corrected chi connectivity index (χ2v) is 2.33. The second-order valence-electron chi connectivity index (χ2n) is 1.32. The predicted molar refractivity (Wildman–Crippen MR) is 36.7 cm³/mol. The summed E-state index contributed by atoms with van der Waals surface area (Å²) in [7, 11) is 0. The zero-order valence-corrected chi connectivity index (χ0v) is 7.96. The fraction of sp³-hybridized carbons (Fsp3) is 0.333. The molecule has 0 fully saturated rings. The van der Waals surface area contributed by atoms with E-state index in [1.54, 1.807) is 0 Å². The zero-order valence-electron chi connectivity index (χ0n) is 4.82. The molecule has 0 aromatic rings. The van der Waals surface area contributed by atoms with Crippen molar-refractivity contribution < 1.29 is 20.4 Å². The van der Waals surface area contributed by atoms with E-state index < -0.39 is 0 Å². The molecule has 43 valence electrons. The van der Waals surface area contributed by atoms with Gasteiger partial charge in [0.2, 0.25) is 0 Å². The van der Waals surface area contributed by atoms with Crippen LogP contribution in [-0.2, 0) is 20.4 Å². The number of halogens is 1. The van der Waals surface area contributed by atoms with Gasteiger partial charge in [-0.05, 0) is 5.83 Å². The fourth-order valence-electron chi connectivity index (χ4n) is 0.447. The summed E-state index contributed by atoms with van der Waals surface area (Å²) >= 11 is 5.08. The first-order valence-corrected chi connectivity index (χ1v) is 4.71. The third-order valence-electron chi connectivity index (χ3n) is 0.771. The van der Waals surface area contributed by atoms with E-state index in [1.165, 1.54) is 10.3 Å². The third-order valence-corrected chi connectivity index (χ3v) is 1.35. The van der Waals surface area contributed by atoms with E-state index in [4.69, 9.17) is 0 Å². The summed E-state index contributed by atoms with van der Waals surface area (Å²) in [6, 6.07) is 0. The summed E-state index contributed by atoms with van der Waals surface area (Å²) in [6.45, 7) is 0. The Bertz CT molecular complexity index is 105. The molecule has 0 nitrogen and oxygen atoms in total. The summed E-state index contributed by atoms with van der Waals surface area (Å²) in [5.41, 5.74) is 0. The maximum absolute atomic E-state index is 2.94. The number of alkyl halides is 1. The van der Waals surface area contributed by atoms with Crippen molar-refractivity contribution in [1.29, 1.82) is 0 Å². The van der Waals surface area contributed by atoms with Gasteiger partial charge in [-0.25, -0.2) is 0 Å². The van der Waals surface area contributed by atoms with Gasteiger partial charge in [-0.3, -0.25) is 0 Å². The molecule has 1 aliphatic carbocycles. The van der Waals surface area contributed by atoms with Gasteiger partial charge in [0.05, 0.1) is 0 Å². The van der Waals surface area contributed by atoms with Crippen LogP contribution in [0.15, 0.2) is 22.1 Å². The molecular weight excluding hydrogens is 200 g/mol. The molecule has 0 saturated heterocycles. The Morgan fingerprint density at radius 1 is 1.62 bits per heavy atom. The summed E-state index contributed by atoms with van der Waals surface area (Å²) in [4.78, 5) is 0. The predicted octanol–water partition coefficient (Wildman–Crippen LogP) is 2.39. The third kappa shape index (κ3) is 3.65. The van der Waals surface area contributed by atoms with Gasteiger partial charge < -0.3 is 0 Å². The molecule has 1 rings (SSSR count). The van der Waals surface area contributed by atoms with Crippen LogP contribution in [0.3, 0.4) is 0 Å². The minimum absolute atomic E-state index is 1.17. The Morgan fingerprint density at radius 2 is 2.25 bits per heavy atom. The Balaban J connectivity index is 0.000000222. The average Bonchev–Trinajstić information content (AvgIpc) is 2.24. The SMILES string of the molecule is CBr.[Ti][C]1=CC=CC1. The average molecular weight is 208 g/mol. The van der Waals surface area contributed by atoms with Crippen molar-refractivity contribution in [2.24, 2.45) is 0 Å². The van der Waals surface area contributed by atoms with E-state index in [0.29, 0.717) is 0 Å².